The van der Waals surface area contributed by atoms with E-state index in [1.807, 2.05) is 36.2 Å². The lowest BCUT2D eigenvalue weighted by atomic mass is 9.85. The lowest BCUT2D eigenvalue weighted by Gasteiger charge is -2.38. The van der Waals surface area contributed by atoms with E-state index in [1.54, 1.807) is 7.11 Å². The first kappa shape index (κ1) is 27.4. The molecule has 0 radical (unpaired) electrons. The Morgan fingerprint density at radius 2 is 2.03 bits per heavy atom. The van der Waals surface area contributed by atoms with E-state index in [0.29, 0.717) is 31.2 Å². The van der Waals surface area contributed by atoms with Crippen LogP contribution in [0.15, 0.2) is 24.3 Å². The van der Waals surface area contributed by atoms with E-state index in [0.717, 1.165) is 44.3 Å². The number of rotatable bonds is 12. The van der Waals surface area contributed by atoms with E-state index in [-0.39, 0.29) is 24.1 Å². The maximum atomic E-state index is 13.3. The topological polar surface area (TPSA) is 86.6 Å². The van der Waals surface area contributed by atoms with Crippen molar-refractivity contribution in [1.29, 1.82) is 5.26 Å². The highest BCUT2D eigenvalue weighted by atomic mass is 16.5. The van der Waals surface area contributed by atoms with E-state index in [1.165, 1.54) is 32.1 Å². The first-order valence-corrected chi connectivity index (χ1v) is 13.4. The first-order valence-electron chi connectivity index (χ1n) is 13.4. The minimum Gasteiger partial charge on any atom is -0.385 e. The molecule has 0 aromatic heterocycles. The van der Waals surface area contributed by atoms with Gasteiger partial charge in [-0.05, 0) is 56.3 Å². The molecule has 0 bridgehead atoms. The predicted molar refractivity (Wildman–Crippen MR) is 138 cm³/mol. The zero-order valence-corrected chi connectivity index (χ0v) is 21.6. The summed E-state index contributed by atoms with van der Waals surface area (Å²) in [5, 5.41) is 16.0. The highest BCUT2D eigenvalue weighted by Gasteiger charge is 2.32. The van der Waals surface area contributed by atoms with Gasteiger partial charge < -0.3 is 25.0 Å². The number of nitrogens with one attached hydrogen (secondary N) is 2. The van der Waals surface area contributed by atoms with Crippen molar-refractivity contribution in [3.05, 3.63) is 35.4 Å². The molecule has 2 fully saturated rings. The number of carbonyl (C=O) groups is 1. The van der Waals surface area contributed by atoms with Crippen LogP contribution in [0.4, 0.5) is 4.79 Å². The van der Waals surface area contributed by atoms with Crippen molar-refractivity contribution < 1.29 is 14.3 Å². The second kappa shape index (κ2) is 15.1. The Balaban J connectivity index is 1.64. The molecular weight excluding hydrogens is 440 g/mol. The van der Waals surface area contributed by atoms with Gasteiger partial charge in [0.25, 0.3) is 0 Å². The number of piperidine rings is 1. The summed E-state index contributed by atoms with van der Waals surface area (Å²) in [6.07, 6.45) is 10.2. The van der Waals surface area contributed by atoms with Gasteiger partial charge in [0.05, 0.1) is 17.7 Å². The summed E-state index contributed by atoms with van der Waals surface area (Å²) in [4.78, 5) is 15.3. The van der Waals surface area contributed by atoms with Gasteiger partial charge in [-0.15, -0.1) is 0 Å². The Morgan fingerprint density at radius 1 is 1.20 bits per heavy atom. The van der Waals surface area contributed by atoms with Crippen molar-refractivity contribution in [3.63, 3.8) is 0 Å². The lowest BCUT2D eigenvalue weighted by molar-refractivity contribution is -0.0168. The Hall–Kier alpha value is -2.14. The molecule has 7 heteroatoms. The molecule has 194 valence electrons. The predicted octanol–water partition coefficient (Wildman–Crippen LogP) is 4.63. The Morgan fingerprint density at radius 3 is 2.77 bits per heavy atom. The minimum atomic E-state index is -0.147. The molecule has 1 aromatic rings. The van der Waals surface area contributed by atoms with Crippen molar-refractivity contribution in [2.45, 2.75) is 69.9 Å². The second-order valence-electron chi connectivity index (χ2n) is 10.2. The average molecular weight is 485 g/mol. The number of likely N-dealkylation sites (N-methyl/N-ethyl adjacent to an activating group) is 1. The van der Waals surface area contributed by atoms with Crippen LogP contribution in [0, 0.1) is 23.2 Å². The number of likely N-dealkylation sites (tertiary alicyclic amines) is 1. The van der Waals surface area contributed by atoms with Crippen LogP contribution in [-0.4, -0.2) is 64.0 Å². The van der Waals surface area contributed by atoms with Crippen molar-refractivity contribution >= 4 is 6.03 Å². The number of benzene rings is 1. The van der Waals surface area contributed by atoms with E-state index < -0.39 is 0 Å². The average Bonchev–Trinajstić information content (AvgIpc) is 2.89. The molecule has 2 N–H and O–H groups in total. The van der Waals surface area contributed by atoms with Gasteiger partial charge in [-0.1, -0.05) is 44.2 Å². The van der Waals surface area contributed by atoms with Crippen LogP contribution in [0.3, 0.4) is 0 Å². The summed E-state index contributed by atoms with van der Waals surface area (Å²) in [6, 6.07) is 10.1. The highest BCUT2D eigenvalue weighted by molar-refractivity contribution is 5.74. The van der Waals surface area contributed by atoms with Crippen LogP contribution in [-0.2, 0) is 9.47 Å². The van der Waals surface area contributed by atoms with E-state index in [2.05, 4.69) is 16.7 Å². The first-order chi connectivity index (χ1) is 17.1. The molecule has 35 heavy (non-hydrogen) atoms. The number of methoxy groups -OCH3 is 1. The van der Waals surface area contributed by atoms with Crippen molar-refractivity contribution in [3.8, 4) is 6.07 Å². The third kappa shape index (κ3) is 8.79. The van der Waals surface area contributed by atoms with Gasteiger partial charge in [0.15, 0.2) is 0 Å². The maximum Gasteiger partial charge on any atom is 0.317 e. The van der Waals surface area contributed by atoms with Gasteiger partial charge in [0.1, 0.15) is 0 Å². The third-order valence-corrected chi connectivity index (χ3v) is 7.43. The van der Waals surface area contributed by atoms with Crippen molar-refractivity contribution in [2.75, 3.05) is 47.0 Å². The fraction of sp³-hybridized carbons (Fsp3) is 0.714. The quantitative estimate of drug-likeness (QED) is 0.422. The maximum absolute atomic E-state index is 13.3. The standard InChI is InChI=1S/C28H44N4O3/c1-30-20-26(18-22-9-4-3-5-10-22)31-28(33)32-14-7-13-25(21-32)27(35-16-8-15-34-2)24-12-6-11-23(17-24)19-29/h6,11-12,17,22,25-27,30H,3-5,7-10,13-16,18,20-21H2,1-2H3,(H,31,33)/t25-,26?,27+/m1/s1. The zero-order valence-electron chi connectivity index (χ0n) is 21.6. The van der Waals surface area contributed by atoms with Gasteiger partial charge in [0, 0.05) is 51.9 Å². The van der Waals surface area contributed by atoms with Gasteiger partial charge in [0.2, 0.25) is 0 Å². The number of carbonyl (C=O) groups excluding carboxylic acids is 1. The highest BCUT2D eigenvalue weighted by Crippen LogP contribution is 2.34. The molecule has 1 heterocycles. The largest absolute Gasteiger partial charge is 0.385 e. The smallest absolute Gasteiger partial charge is 0.317 e. The molecule has 3 atom stereocenters. The molecule has 7 nitrogen and oxygen atoms in total. The number of nitrogens with zero attached hydrogens (tertiary/aromatic N) is 2. The summed E-state index contributed by atoms with van der Waals surface area (Å²) < 4.78 is 11.5. The van der Waals surface area contributed by atoms with Crippen LogP contribution in [0.25, 0.3) is 0 Å². The summed E-state index contributed by atoms with van der Waals surface area (Å²) in [7, 11) is 3.65. The fourth-order valence-corrected chi connectivity index (χ4v) is 5.68. The van der Waals surface area contributed by atoms with Crippen LogP contribution >= 0.6 is 0 Å². The molecular formula is C28H44N4O3. The summed E-state index contributed by atoms with van der Waals surface area (Å²) in [5.41, 5.74) is 1.65. The van der Waals surface area contributed by atoms with Crippen LogP contribution < -0.4 is 10.6 Å². The lowest BCUT2D eigenvalue weighted by Crippen LogP contribution is -2.52. The minimum absolute atomic E-state index is 0.0367. The molecule has 2 amide bonds. The molecule has 3 rings (SSSR count). The van der Waals surface area contributed by atoms with Crippen LogP contribution in [0.5, 0.6) is 0 Å². The summed E-state index contributed by atoms with van der Waals surface area (Å²) >= 11 is 0. The van der Waals surface area contributed by atoms with Crippen LogP contribution in [0.1, 0.15) is 75.0 Å². The molecule has 1 aromatic carbocycles. The van der Waals surface area contributed by atoms with Crippen molar-refractivity contribution in [2.24, 2.45) is 11.8 Å². The molecule has 1 aliphatic carbocycles. The Bertz CT molecular complexity index is 806. The summed E-state index contributed by atoms with van der Waals surface area (Å²) in [5.74, 6) is 0.904. The van der Waals surface area contributed by atoms with Gasteiger partial charge in [-0.2, -0.15) is 5.26 Å². The molecule has 1 saturated heterocycles. The molecule has 1 saturated carbocycles. The second-order valence-corrected chi connectivity index (χ2v) is 10.2. The number of nitriles is 1. The fourth-order valence-electron chi connectivity index (χ4n) is 5.68. The molecule has 1 aliphatic heterocycles. The molecule has 0 spiro atoms. The Kier molecular flexibility index (Phi) is 11.8. The van der Waals surface area contributed by atoms with E-state index in [4.69, 9.17) is 9.47 Å². The van der Waals surface area contributed by atoms with Crippen molar-refractivity contribution in [1.82, 2.24) is 15.5 Å². The normalized spacial score (nSPS) is 20.7. The van der Waals surface area contributed by atoms with E-state index >= 15 is 0 Å². The van der Waals surface area contributed by atoms with Gasteiger partial charge in [-0.3, -0.25) is 0 Å². The van der Waals surface area contributed by atoms with E-state index in [9.17, 15) is 10.1 Å². The summed E-state index contributed by atoms with van der Waals surface area (Å²) in [6.45, 7) is 3.47. The van der Waals surface area contributed by atoms with Crippen LogP contribution in [0.2, 0.25) is 0 Å². The zero-order chi connectivity index (χ0) is 24.9. The number of amides is 2. The monoisotopic (exact) mass is 484 g/mol. The number of ether oxygens (including phenoxy) is 2. The molecule has 1 unspecified atom stereocenters. The molecule has 2 aliphatic rings. The SMILES string of the molecule is CNCC(CC1CCCCC1)NC(=O)N1CCC[C@@H]([C@@H](OCCCOC)c2cccc(C#N)c2)C1. The number of hydrogen-bond acceptors (Lipinski definition) is 5. The van der Waals surface area contributed by atoms with Gasteiger partial charge in [-0.25, -0.2) is 4.79 Å². The Labute approximate surface area is 211 Å². The van der Waals surface area contributed by atoms with Gasteiger partial charge >= 0.3 is 6.03 Å². The number of hydrogen-bond donors (Lipinski definition) is 2. The third-order valence-electron chi connectivity index (χ3n) is 7.43. The number of urea groups is 1.